The van der Waals surface area contributed by atoms with Crippen LogP contribution < -0.4 is 4.74 Å². The van der Waals surface area contributed by atoms with E-state index in [0.29, 0.717) is 18.8 Å². The van der Waals surface area contributed by atoms with Gasteiger partial charge >= 0.3 is 5.97 Å². The normalized spacial score (nSPS) is 13.7. The van der Waals surface area contributed by atoms with Crippen molar-refractivity contribution in [3.8, 4) is 5.75 Å². The maximum absolute atomic E-state index is 12.3. The Bertz CT molecular complexity index is 829. The minimum atomic E-state index is -0.552. The molecular weight excluding hydrogens is 342 g/mol. The summed E-state index contributed by atoms with van der Waals surface area (Å²) in [6.07, 6.45) is 2.85. The monoisotopic (exact) mass is 365 g/mol. The van der Waals surface area contributed by atoms with Gasteiger partial charge in [-0.3, -0.25) is 4.79 Å². The van der Waals surface area contributed by atoms with Crippen molar-refractivity contribution < 1.29 is 19.1 Å². The van der Waals surface area contributed by atoms with Crippen molar-refractivity contribution in [2.75, 3.05) is 26.3 Å². The Labute approximate surface area is 159 Å². The fourth-order valence-corrected chi connectivity index (χ4v) is 2.94. The summed E-state index contributed by atoms with van der Waals surface area (Å²) in [5.74, 6) is -0.109. The van der Waals surface area contributed by atoms with E-state index < -0.39 is 5.97 Å². The Morgan fingerprint density at radius 3 is 2.44 bits per heavy atom. The van der Waals surface area contributed by atoms with Gasteiger partial charge in [0.25, 0.3) is 5.91 Å². The van der Waals surface area contributed by atoms with Crippen molar-refractivity contribution in [2.45, 2.75) is 13.3 Å². The largest absolute Gasteiger partial charge is 0.482 e. The van der Waals surface area contributed by atoms with Gasteiger partial charge in [0.05, 0.1) is 0 Å². The Morgan fingerprint density at radius 2 is 1.74 bits per heavy atom. The molecule has 0 saturated heterocycles. The molecule has 140 valence electrons. The lowest BCUT2D eigenvalue weighted by molar-refractivity contribution is -0.153. The Morgan fingerprint density at radius 1 is 1.00 bits per heavy atom. The number of benzene rings is 2. The Hall–Kier alpha value is -3.08. The summed E-state index contributed by atoms with van der Waals surface area (Å²) < 4.78 is 10.5. The number of ether oxygens (including phenoxy) is 2. The van der Waals surface area contributed by atoms with E-state index in [2.05, 4.69) is 18.2 Å². The first kappa shape index (κ1) is 18.7. The third-order valence-corrected chi connectivity index (χ3v) is 4.50. The van der Waals surface area contributed by atoms with Gasteiger partial charge in [-0.1, -0.05) is 54.6 Å². The van der Waals surface area contributed by atoms with E-state index in [-0.39, 0.29) is 19.1 Å². The first-order chi connectivity index (χ1) is 13.1. The number of aryl methyl sites for hydroxylation is 1. The predicted molar refractivity (Wildman–Crippen MR) is 103 cm³/mol. The lowest BCUT2D eigenvalue weighted by atomic mass is 10.00. The smallest absolute Gasteiger partial charge is 0.344 e. The van der Waals surface area contributed by atoms with E-state index in [9.17, 15) is 9.59 Å². The van der Waals surface area contributed by atoms with Crippen molar-refractivity contribution in [1.82, 2.24) is 4.90 Å². The molecular formula is C22H23NO4. The topological polar surface area (TPSA) is 55.8 Å². The van der Waals surface area contributed by atoms with Gasteiger partial charge in [0.1, 0.15) is 5.75 Å². The zero-order valence-electron chi connectivity index (χ0n) is 15.4. The maximum atomic E-state index is 12.3. The molecule has 3 rings (SSSR count). The van der Waals surface area contributed by atoms with Gasteiger partial charge < -0.3 is 14.4 Å². The molecule has 27 heavy (non-hydrogen) atoms. The average Bonchev–Trinajstić information content (AvgIpc) is 2.72. The zero-order valence-corrected chi connectivity index (χ0v) is 15.4. The number of nitrogens with zero attached hydrogens (tertiary/aromatic N) is 1. The molecule has 2 aromatic carbocycles. The van der Waals surface area contributed by atoms with Crippen molar-refractivity contribution >= 4 is 17.4 Å². The number of esters is 1. The van der Waals surface area contributed by atoms with Crippen LogP contribution in [-0.4, -0.2) is 43.1 Å². The van der Waals surface area contributed by atoms with Gasteiger partial charge in [0, 0.05) is 13.1 Å². The number of hydrogen-bond donors (Lipinski definition) is 0. The summed E-state index contributed by atoms with van der Waals surface area (Å²) in [6, 6.07) is 17.6. The molecule has 0 fully saturated rings. The number of amides is 1. The van der Waals surface area contributed by atoms with Crippen LogP contribution in [0, 0.1) is 6.92 Å². The summed E-state index contributed by atoms with van der Waals surface area (Å²) in [6.45, 7) is 2.58. The van der Waals surface area contributed by atoms with Gasteiger partial charge in [0.2, 0.25) is 0 Å². The second-order valence-corrected chi connectivity index (χ2v) is 6.40. The summed E-state index contributed by atoms with van der Waals surface area (Å²) in [5.41, 5.74) is 3.36. The molecule has 0 bridgehead atoms. The third kappa shape index (κ3) is 5.20. The lowest BCUT2D eigenvalue weighted by Gasteiger charge is -2.26. The molecule has 1 heterocycles. The van der Waals surface area contributed by atoms with Crippen molar-refractivity contribution in [1.29, 1.82) is 0 Å². The summed E-state index contributed by atoms with van der Waals surface area (Å²) in [4.78, 5) is 25.8. The SMILES string of the molecule is Cc1ccccc1OCC(=O)OCC(=O)N1CC=C(c2ccccc2)CC1. The highest BCUT2D eigenvalue weighted by molar-refractivity contribution is 5.82. The number of carbonyl (C=O) groups is 2. The molecule has 0 atom stereocenters. The van der Waals surface area contributed by atoms with Crippen LogP contribution in [0.3, 0.4) is 0 Å². The summed E-state index contributed by atoms with van der Waals surface area (Å²) >= 11 is 0. The molecule has 0 unspecified atom stereocenters. The molecule has 1 aliphatic heterocycles. The average molecular weight is 365 g/mol. The highest BCUT2D eigenvalue weighted by Gasteiger charge is 2.19. The molecule has 0 radical (unpaired) electrons. The van der Waals surface area contributed by atoms with Gasteiger partial charge in [-0.2, -0.15) is 0 Å². The van der Waals surface area contributed by atoms with E-state index in [4.69, 9.17) is 9.47 Å². The zero-order chi connectivity index (χ0) is 19.1. The predicted octanol–water partition coefficient (Wildman–Crippen LogP) is 3.23. The van der Waals surface area contributed by atoms with E-state index in [1.165, 1.54) is 11.1 Å². The highest BCUT2D eigenvalue weighted by Crippen LogP contribution is 2.22. The fourth-order valence-electron chi connectivity index (χ4n) is 2.94. The Kier molecular flexibility index (Phi) is 6.26. The summed E-state index contributed by atoms with van der Waals surface area (Å²) in [7, 11) is 0. The molecule has 0 saturated carbocycles. The van der Waals surface area contributed by atoms with Crippen LogP contribution in [0.2, 0.25) is 0 Å². The number of para-hydroxylation sites is 1. The second-order valence-electron chi connectivity index (χ2n) is 6.40. The molecule has 0 aliphatic carbocycles. The van der Waals surface area contributed by atoms with Crippen molar-refractivity contribution in [3.63, 3.8) is 0 Å². The molecule has 0 N–H and O–H groups in total. The van der Waals surface area contributed by atoms with Gasteiger partial charge in [0.15, 0.2) is 13.2 Å². The number of carbonyl (C=O) groups excluding carboxylic acids is 2. The molecule has 5 heteroatoms. The fraction of sp³-hybridized carbons (Fsp3) is 0.273. The molecule has 1 aliphatic rings. The number of rotatable bonds is 6. The van der Waals surface area contributed by atoms with Crippen LogP contribution in [0.1, 0.15) is 17.5 Å². The van der Waals surface area contributed by atoms with Crippen LogP contribution >= 0.6 is 0 Å². The Balaban J connectivity index is 1.42. The lowest BCUT2D eigenvalue weighted by Crippen LogP contribution is -2.38. The van der Waals surface area contributed by atoms with E-state index >= 15 is 0 Å². The van der Waals surface area contributed by atoms with Crippen LogP contribution in [-0.2, 0) is 14.3 Å². The third-order valence-electron chi connectivity index (χ3n) is 4.50. The molecule has 0 aromatic heterocycles. The van der Waals surface area contributed by atoms with Crippen molar-refractivity contribution in [3.05, 3.63) is 71.8 Å². The first-order valence-corrected chi connectivity index (χ1v) is 9.00. The quantitative estimate of drug-likeness (QED) is 0.738. The molecule has 5 nitrogen and oxygen atoms in total. The van der Waals surface area contributed by atoms with E-state index in [1.807, 2.05) is 43.3 Å². The van der Waals surface area contributed by atoms with Crippen LogP contribution in [0.25, 0.3) is 5.57 Å². The highest BCUT2D eigenvalue weighted by atomic mass is 16.6. The minimum Gasteiger partial charge on any atom is -0.482 e. The van der Waals surface area contributed by atoms with Gasteiger partial charge in [-0.05, 0) is 36.1 Å². The van der Waals surface area contributed by atoms with Crippen LogP contribution in [0.4, 0.5) is 0 Å². The molecule has 1 amide bonds. The van der Waals surface area contributed by atoms with Crippen LogP contribution in [0.15, 0.2) is 60.7 Å². The first-order valence-electron chi connectivity index (χ1n) is 9.00. The summed E-state index contributed by atoms with van der Waals surface area (Å²) in [5, 5.41) is 0. The second kappa shape index (κ2) is 9.03. The van der Waals surface area contributed by atoms with Gasteiger partial charge in [-0.25, -0.2) is 4.79 Å². The minimum absolute atomic E-state index is 0.192. The van der Waals surface area contributed by atoms with Gasteiger partial charge in [-0.15, -0.1) is 0 Å². The van der Waals surface area contributed by atoms with E-state index in [0.717, 1.165) is 12.0 Å². The maximum Gasteiger partial charge on any atom is 0.344 e. The molecule has 2 aromatic rings. The standard InChI is InChI=1S/C22H23NO4/c1-17-7-5-6-10-20(17)26-16-22(25)27-15-21(24)23-13-11-19(12-14-23)18-8-3-2-4-9-18/h2-11H,12-16H2,1H3. The molecule has 0 spiro atoms. The van der Waals surface area contributed by atoms with E-state index in [1.54, 1.807) is 11.0 Å². The van der Waals surface area contributed by atoms with Crippen LogP contribution in [0.5, 0.6) is 5.75 Å². The van der Waals surface area contributed by atoms with Crippen molar-refractivity contribution in [2.24, 2.45) is 0 Å². The number of hydrogen-bond acceptors (Lipinski definition) is 4.